The molecule has 0 aliphatic heterocycles. The highest BCUT2D eigenvalue weighted by molar-refractivity contribution is 7.51. The summed E-state index contributed by atoms with van der Waals surface area (Å²) in [5.41, 5.74) is 1.33. The van der Waals surface area contributed by atoms with Crippen molar-refractivity contribution in [3.8, 4) is 0 Å². The van der Waals surface area contributed by atoms with Gasteiger partial charge in [-0.15, -0.1) is 0 Å². The van der Waals surface area contributed by atoms with Gasteiger partial charge in [-0.2, -0.15) is 0 Å². The first-order chi connectivity index (χ1) is 8.46. The first-order valence-electron chi connectivity index (χ1n) is 5.23. The largest absolute Gasteiger partial charge is 0.364 e. The first-order valence-corrected chi connectivity index (χ1v) is 7.02. The molecule has 9 heteroatoms. The number of fused-ring (bicyclic) bond motifs is 1. The van der Waals surface area contributed by atoms with Gasteiger partial charge in [-0.25, -0.2) is 15.0 Å². The van der Waals surface area contributed by atoms with Crippen LogP contribution in [0.5, 0.6) is 0 Å². The van der Waals surface area contributed by atoms with E-state index in [4.69, 9.17) is 14.5 Å². The summed E-state index contributed by atoms with van der Waals surface area (Å²) < 4.78 is 17.5. The molecule has 0 radical (unpaired) electrons. The van der Waals surface area contributed by atoms with E-state index in [2.05, 4.69) is 15.0 Å². The smallest absolute Gasteiger partial charge is 0.350 e. The SMILES string of the molecule is C[C@H](Cn1cnc2cncnc21)OCP(=O)(O)O. The summed E-state index contributed by atoms with van der Waals surface area (Å²) in [6, 6.07) is 0. The second kappa shape index (κ2) is 5.11. The van der Waals surface area contributed by atoms with E-state index in [0.29, 0.717) is 17.7 Å². The summed E-state index contributed by atoms with van der Waals surface area (Å²) in [7, 11) is -4.13. The van der Waals surface area contributed by atoms with Gasteiger partial charge in [0.15, 0.2) is 5.65 Å². The highest BCUT2D eigenvalue weighted by Gasteiger charge is 2.16. The Balaban J connectivity index is 2.03. The van der Waals surface area contributed by atoms with Crippen LogP contribution in [0.3, 0.4) is 0 Å². The highest BCUT2D eigenvalue weighted by Crippen LogP contribution is 2.34. The van der Waals surface area contributed by atoms with Gasteiger partial charge in [0.2, 0.25) is 0 Å². The number of rotatable bonds is 5. The Bertz CT molecular complexity index is 581. The van der Waals surface area contributed by atoms with Gasteiger partial charge in [0.25, 0.3) is 0 Å². The van der Waals surface area contributed by atoms with Crippen LogP contribution in [-0.4, -0.2) is 41.8 Å². The van der Waals surface area contributed by atoms with Crippen LogP contribution in [0.25, 0.3) is 11.2 Å². The molecule has 2 aromatic rings. The normalized spacial score (nSPS) is 13.9. The van der Waals surface area contributed by atoms with E-state index in [9.17, 15) is 4.57 Å². The van der Waals surface area contributed by atoms with E-state index < -0.39 is 13.9 Å². The lowest BCUT2D eigenvalue weighted by Gasteiger charge is -2.14. The van der Waals surface area contributed by atoms with Crippen LogP contribution in [-0.2, 0) is 15.8 Å². The Labute approximate surface area is 103 Å². The molecule has 0 fully saturated rings. The summed E-state index contributed by atoms with van der Waals surface area (Å²) in [6.07, 6.45) is 3.67. The quantitative estimate of drug-likeness (QED) is 0.756. The minimum atomic E-state index is -4.13. The van der Waals surface area contributed by atoms with E-state index in [-0.39, 0.29) is 6.10 Å². The lowest BCUT2D eigenvalue weighted by atomic mass is 10.4. The second-order valence-corrected chi connectivity index (χ2v) is 5.49. The molecule has 0 bridgehead atoms. The average Bonchev–Trinajstić information content (AvgIpc) is 2.70. The van der Waals surface area contributed by atoms with Crippen molar-refractivity contribution in [3.05, 3.63) is 18.9 Å². The summed E-state index contributed by atoms with van der Waals surface area (Å²) >= 11 is 0. The maximum atomic E-state index is 10.7. The zero-order valence-corrected chi connectivity index (χ0v) is 10.6. The Morgan fingerprint density at radius 1 is 1.50 bits per heavy atom. The van der Waals surface area contributed by atoms with Gasteiger partial charge in [0.05, 0.1) is 25.2 Å². The van der Waals surface area contributed by atoms with Gasteiger partial charge in [0.1, 0.15) is 18.2 Å². The van der Waals surface area contributed by atoms with Gasteiger partial charge in [0, 0.05) is 0 Å². The third kappa shape index (κ3) is 3.33. The summed E-state index contributed by atoms with van der Waals surface area (Å²) in [6.45, 7) is 2.14. The fourth-order valence-electron chi connectivity index (χ4n) is 1.50. The number of hydrogen-bond donors (Lipinski definition) is 2. The predicted molar refractivity (Wildman–Crippen MR) is 62.8 cm³/mol. The lowest BCUT2D eigenvalue weighted by molar-refractivity contribution is 0.0764. The minimum Gasteiger partial charge on any atom is -0.364 e. The summed E-state index contributed by atoms with van der Waals surface area (Å²) in [5.74, 6) is 0. The number of imidazole rings is 1. The molecule has 1 atom stereocenters. The van der Waals surface area contributed by atoms with Crippen LogP contribution >= 0.6 is 7.60 Å². The van der Waals surface area contributed by atoms with Crippen LogP contribution in [0, 0.1) is 0 Å². The van der Waals surface area contributed by atoms with E-state index in [0.717, 1.165) is 0 Å². The third-order valence-electron chi connectivity index (χ3n) is 2.26. The van der Waals surface area contributed by atoms with E-state index in [1.807, 2.05) is 0 Å². The molecule has 0 aromatic carbocycles. The molecular formula is C9H13N4O4P. The lowest BCUT2D eigenvalue weighted by Crippen LogP contribution is -2.17. The molecule has 0 unspecified atom stereocenters. The van der Waals surface area contributed by atoms with E-state index in [1.54, 1.807) is 24.0 Å². The van der Waals surface area contributed by atoms with Crippen molar-refractivity contribution >= 4 is 18.8 Å². The van der Waals surface area contributed by atoms with Gasteiger partial charge in [-0.05, 0) is 6.92 Å². The zero-order chi connectivity index (χ0) is 13.2. The van der Waals surface area contributed by atoms with E-state index in [1.165, 1.54) is 6.33 Å². The summed E-state index contributed by atoms with van der Waals surface area (Å²) in [5, 5.41) is 0. The molecular weight excluding hydrogens is 259 g/mol. The summed E-state index contributed by atoms with van der Waals surface area (Å²) in [4.78, 5) is 29.5. The van der Waals surface area contributed by atoms with Crippen LogP contribution in [0.15, 0.2) is 18.9 Å². The Kier molecular flexibility index (Phi) is 3.72. The zero-order valence-electron chi connectivity index (χ0n) is 9.67. The molecule has 2 aromatic heterocycles. The number of ether oxygens (including phenoxy) is 1. The number of nitrogens with zero attached hydrogens (tertiary/aromatic N) is 4. The molecule has 0 aliphatic rings. The topological polar surface area (TPSA) is 110 Å². The van der Waals surface area contributed by atoms with Crippen LogP contribution in [0.2, 0.25) is 0 Å². The molecule has 98 valence electrons. The van der Waals surface area contributed by atoms with Crippen molar-refractivity contribution in [2.24, 2.45) is 0 Å². The molecule has 0 spiro atoms. The van der Waals surface area contributed by atoms with Gasteiger partial charge < -0.3 is 19.1 Å². The molecule has 18 heavy (non-hydrogen) atoms. The molecule has 0 amide bonds. The Morgan fingerprint density at radius 3 is 3.00 bits per heavy atom. The fourth-order valence-corrected chi connectivity index (χ4v) is 1.95. The van der Waals surface area contributed by atoms with Crippen LogP contribution < -0.4 is 0 Å². The fraction of sp³-hybridized carbons (Fsp3) is 0.444. The van der Waals surface area contributed by atoms with Crippen molar-refractivity contribution in [3.63, 3.8) is 0 Å². The minimum absolute atomic E-state index is 0.356. The highest BCUT2D eigenvalue weighted by atomic mass is 31.2. The molecule has 0 saturated carbocycles. The molecule has 0 saturated heterocycles. The van der Waals surface area contributed by atoms with Gasteiger partial charge >= 0.3 is 7.60 Å². The van der Waals surface area contributed by atoms with Crippen molar-refractivity contribution in [1.29, 1.82) is 0 Å². The monoisotopic (exact) mass is 272 g/mol. The van der Waals surface area contributed by atoms with Crippen molar-refractivity contribution < 1.29 is 19.1 Å². The van der Waals surface area contributed by atoms with Gasteiger partial charge in [-0.3, -0.25) is 4.57 Å². The molecule has 2 heterocycles. The maximum Gasteiger partial charge on any atom is 0.350 e. The number of hydrogen-bond acceptors (Lipinski definition) is 5. The third-order valence-corrected chi connectivity index (χ3v) is 2.75. The Morgan fingerprint density at radius 2 is 2.28 bits per heavy atom. The predicted octanol–water partition coefficient (Wildman–Crippen LogP) is 0.367. The van der Waals surface area contributed by atoms with Crippen molar-refractivity contribution in [1.82, 2.24) is 19.5 Å². The van der Waals surface area contributed by atoms with Crippen LogP contribution in [0.4, 0.5) is 0 Å². The van der Waals surface area contributed by atoms with Crippen molar-refractivity contribution in [2.75, 3.05) is 6.35 Å². The van der Waals surface area contributed by atoms with Gasteiger partial charge in [-0.1, -0.05) is 0 Å². The molecule has 0 aliphatic carbocycles. The average molecular weight is 272 g/mol. The van der Waals surface area contributed by atoms with Crippen LogP contribution in [0.1, 0.15) is 6.92 Å². The molecule has 2 rings (SSSR count). The number of aromatic nitrogens is 4. The first kappa shape index (κ1) is 13.1. The van der Waals surface area contributed by atoms with E-state index >= 15 is 0 Å². The maximum absolute atomic E-state index is 10.7. The van der Waals surface area contributed by atoms with Crippen molar-refractivity contribution in [2.45, 2.75) is 19.6 Å². The Hall–Kier alpha value is -1.34. The second-order valence-electron chi connectivity index (χ2n) is 3.90. The molecule has 8 nitrogen and oxygen atoms in total. The standard InChI is InChI=1S/C9H13N4O4P/c1-7(17-6-18(14,15)16)3-13-5-12-8-2-10-4-11-9(8)13/h2,4-5,7H,3,6H2,1H3,(H2,14,15,16)/t7-/m1/s1. The molecule has 2 N–H and O–H groups in total.